The minimum absolute atomic E-state index is 0.0709. The quantitative estimate of drug-likeness (QED) is 0.280. The number of hydrogen-bond acceptors (Lipinski definition) is 5. The average Bonchev–Trinajstić information content (AvgIpc) is 2.75. The van der Waals surface area contributed by atoms with Gasteiger partial charge in [-0.1, -0.05) is 11.8 Å². The molecule has 0 heterocycles. The van der Waals surface area contributed by atoms with E-state index in [0.717, 1.165) is 6.92 Å². The molecule has 2 aromatic carbocycles. The van der Waals surface area contributed by atoms with Crippen LogP contribution < -0.4 is 16.5 Å². The normalized spacial score (nSPS) is 13.0. The third kappa shape index (κ3) is 6.28. The van der Waals surface area contributed by atoms with Gasteiger partial charge in [-0.3, -0.25) is 14.8 Å². The van der Waals surface area contributed by atoms with Gasteiger partial charge in [0, 0.05) is 16.7 Å². The van der Waals surface area contributed by atoms with Crippen LogP contribution in [0.25, 0.3) is 0 Å². The van der Waals surface area contributed by atoms with Crippen LogP contribution in [0, 0.1) is 23.7 Å². The molecule has 0 aliphatic carbocycles. The molecule has 0 saturated carbocycles. The Kier molecular flexibility index (Phi) is 7.70. The average molecular weight is 427 g/mol. The lowest BCUT2D eigenvalue weighted by Gasteiger charge is -2.32. The first-order chi connectivity index (χ1) is 14.6. The van der Waals surface area contributed by atoms with Gasteiger partial charge in [0.05, 0.1) is 0 Å². The molecule has 2 amide bonds. The number of hydroxylamine groups is 1. The second-order valence-corrected chi connectivity index (χ2v) is 6.67. The molecular weight excluding hydrogens is 408 g/mol. The predicted octanol–water partition coefficient (Wildman–Crippen LogP) is 1.38. The van der Waals surface area contributed by atoms with E-state index in [4.69, 9.17) is 10.9 Å². The molecule has 2 aromatic rings. The zero-order valence-corrected chi connectivity index (χ0v) is 16.3. The number of nitrogens with one attached hydrogen (secondary N) is 2. The van der Waals surface area contributed by atoms with Crippen molar-refractivity contribution in [1.29, 1.82) is 0 Å². The molecule has 0 radical (unpaired) electrons. The topological polar surface area (TPSA) is 125 Å². The first-order valence-electron chi connectivity index (χ1n) is 8.88. The summed E-state index contributed by atoms with van der Waals surface area (Å²) in [5, 5.41) is 20.1. The SMILES string of the molecule is CC(N)(C(F)F)C(NC(=O)c1ccc(C#CC#Cc2ccc(O)cc2)cc1)C(=O)NO. The van der Waals surface area contributed by atoms with Crippen molar-refractivity contribution < 1.29 is 28.7 Å². The second-order valence-electron chi connectivity index (χ2n) is 6.67. The van der Waals surface area contributed by atoms with Crippen LogP contribution in [0.5, 0.6) is 5.75 Å². The Morgan fingerprint density at radius 1 is 1.00 bits per heavy atom. The maximum absolute atomic E-state index is 13.2. The second kappa shape index (κ2) is 10.2. The van der Waals surface area contributed by atoms with Crippen LogP contribution >= 0.6 is 0 Å². The van der Waals surface area contributed by atoms with Crippen molar-refractivity contribution in [2.45, 2.75) is 24.9 Å². The number of aromatic hydroxyl groups is 1. The first-order valence-corrected chi connectivity index (χ1v) is 8.88. The van der Waals surface area contributed by atoms with Crippen molar-refractivity contribution in [3.63, 3.8) is 0 Å². The summed E-state index contributed by atoms with van der Waals surface area (Å²) in [5.41, 5.74) is 5.57. The van der Waals surface area contributed by atoms with Crippen molar-refractivity contribution >= 4 is 11.8 Å². The lowest BCUT2D eigenvalue weighted by Crippen LogP contribution is -2.66. The molecule has 6 N–H and O–H groups in total. The summed E-state index contributed by atoms with van der Waals surface area (Å²) in [6.45, 7) is 0.885. The number of amides is 2. The van der Waals surface area contributed by atoms with Gasteiger partial charge in [0.1, 0.15) is 17.3 Å². The van der Waals surface area contributed by atoms with E-state index in [2.05, 4.69) is 29.0 Å². The molecule has 0 bridgehead atoms. The summed E-state index contributed by atoms with van der Waals surface area (Å²) in [6, 6.07) is 10.2. The number of alkyl halides is 2. The monoisotopic (exact) mass is 427 g/mol. The lowest BCUT2D eigenvalue weighted by atomic mass is 9.92. The van der Waals surface area contributed by atoms with Gasteiger partial charge < -0.3 is 16.2 Å². The van der Waals surface area contributed by atoms with E-state index >= 15 is 0 Å². The van der Waals surface area contributed by atoms with Crippen molar-refractivity contribution in [2.75, 3.05) is 0 Å². The van der Waals surface area contributed by atoms with E-state index in [1.807, 2.05) is 0 Å². The summed E-state index contributed by atoms with van der Waals surface area (Å²) >= 11 is 0. The molecule has 31 heavy (non-hydrogen) atoms. The number of phenols is 1. The molecule has 7 nitrogen and oxygen atoms in total. The smallest absolute Gasteiger partial charge is 0.268 e. The lowest BCUT2D eigenvalue weighted by molar-refractivity contribution is -0.134. The van der Waals surface area contributed by atoms with Crippen LogP contribution in [0.3, 0.4) is 0 Å². The number of carbonyl (C=O) groups is 2. The number of rotatable bonds is 5. The van der Waals surface area contributed by atoms with E-state index in [1.165, 1.54) is 41.9 Å². The molecule has 0 spiro atoms. The van der Waals surface area contributed by atoms with Gasteiger partial charge in [-0.2, -0.15) is 0 Å². The minimum Gasteiger partial charge on any atom is -0.508 e. The highest BCUT2D eigenvalue weighted by Crippen LogP contribution is 2.18. The maximum atomic E-state index is 13.2. The van der Waals surface area contributed by atoms with Gasteiger partial charge in [0.2, 0.25) is 0 Å². The minimum atomic E-state index is -3.14. The zero-order chi connectivity index (χ0) is 23.0. The van der Waals surface area contributed by atoms with Crippen molar-refractivity contribution in [1.82, 2.24) is 10.8 Å². The number of nitrogens with two attached hydrogens (primary N) is 1. The largest absolute Gasteiger partial charge is 0.508 e. The highest BCUT2D eigenvalue weighted by atomic mass is 19.3. The Morgan fingerprint density at radius 3 is 1.94 bits per heavy atom. The van der Waals surface area contributed by atoms with E-state index in [-0.39, 0.29) is 11.3 Å². The number of hydrogen-bond donors (Lipinski definition) is 5. The fourth-order valence-electron chi connectivity index (χ4n) is 2.37. The highest BCUT2D eigenvalue weighted by molar-refractivity contribution is 5.98. The van der Waals surface area contributed by atoms with Gasteiger partial charge in [-0.25, -0.2) is 14.3 Å². The number of benzene rings is 2. The number of carbonyl (C=O) groups excluding carboxylic acids is 2. The highest BCUT2D eigenvalue weighted by Gasteiger charge is 2.44. The Bertz CT molecular complexity index is 1060. The maximum Gasteiger partial charge on any atom is 0.268 e. The molecule has 2 atom stereocenters. The van der Waals surface area contributed by atoms with Gasteiger partial charge in [-0.05, 0) is 67.3 Å². The molecule has 160 valence electrons. The van der Waals surface area contributed by atoms with E-state index in [1.54, 1.807) is 12.1 Å². The summed E-state index contributed by atoms with van der Waals surface area (Å²) in [4.78, 5) is 24.1. The fourth-order valence-corrected chi connectivity index (χ4v) is 2.37. The Balaban J connectivity index is 2.10. The molecule has 2 rings (SSSR count). The molecule has 2 unspecified atom stereocenters. The van der Waals surface area contributed by atoms with Crippen LogP contribution in [0.1, 0.15) is 28.4 Å². The molecule has 0 saturated heterocycles. The molecule has 0 aromatic heterocycles. The Hall–Kier alpha value is -3.92. The summed E-state index contributed by atoms with van der Waals surface area (Å²) in [7, 11) is 0. The third-order valence-corrected chi connectivity index (χ3v) is 4.23. The van der Waals surface area contributed by atoms with Gasteiger partial charge in [0.15, 0.2) is 0 Å². The number of phenolic OH excluding ortho intramolecular Hbond substituents is 1. The molecule has 0 fully saturated rings. The molecule has 9 heteroatoms. The van der Waals surface area contributed by atoms with Gasteiger partial charge in [-0.15, -0.1) is 0 Å². The van der Waals surface area contributed by atoms with Crippen molar-refractivity contribution in [3.8, 4) is 29.4 Å². The molecule has 0 aliphatic heterocycles. The van der Waals surface area contributed by atoms with Gasteiger partial charge >= 0.3 is 0 Å². The van der Waals surface area contributed by atoms with Crippen LogP contribution in [0.4, 0.5) is 8.78 Å². The van der Waals surface area contributed by atoms with E-state index in [0.29, 0.717) is 11.1 Å². The third-order valence-electron chi connectivity index (χ3n) is 4.23. The summed E-state index contributed by atoms with van der Waals surface area (Å²) in [6.07, 6.45) is -3.14. The van der Waals surface area contributed by atoms with Crippen LogP contribution in [-0.4, -0.2) is 40.1 Å². The fraction of sp³-hybridized carbons (Fsp3) is 0.182. The number of halogens is 2. The van der Waals surface area contributed by atoms with Crippen LogP contribution in [-0.2, 0) is 4.79 Å². The van der Waals surface area contributed by atoms with E-state index < -0.39 is 29.8 Å². The zero-order valence-electron chi connectivity index (χ0n) is 16.3. The van der Waals surface area contributed by atoms with Crippen LogP contribution in [0.15, 0.2) is 48.5 Å². The molecule has 0 aliphatic rings. The Labute approximate surface area is 177 Å². The molecular formula is C22H19F2N3O4. The summed E-state index contributed by atoms with van der Waals surface area (Å²) in [5.74, 6) is 8.91. The van der Waals surface area contributed by atoms with E-state index in [9.17, 15) is 23.5 Å². The standard InChI is InChI=1S/C22H19F2N3O4/c1-22(25,21(23)24)18(20(30)27-31)26-19(29)16-10-6-14(7-11-16)4-2-3-5-15-8-12-17(28)13-9-15/h6-13,18,21,28,31H,25H2,1H3,(H,26,29)(H,27,30). The van der Waals surface area contributed by atoms with Crippen molar-refractivity contribution in [3.05, 3.63) is 65.2 Å². The Morgan fingerprint density at radius 2 is 1.48 bits per heavy atom. The predicted molar refractivity (Wildman–Crippen MR) is 108 cm³/mol. The van der Waals surface area contributed by atoms with Crippen LogP contribution in [0.2, 0.25) is 0 Å². The first kappa shape index (κ1) is 23.4. The van der Waals surface area contributed by atoms with Crippen molar-refractivity contribution in [2.24, 2.45) is 5.73 Å². The summed E-state index contributed by atoms with van der Waals surface area (Å²) < 4.78 is 26.3. The van der Waals surface area contributed by atoms with Gasteiger partial charge in [0.25, 0.3) is 18.2 Å².